The number of likely N-dealkylation sites (tertiary alicyclic amines) is 1. The molecule has 2 fully saturated rings. The number of aliphatic hydroxyl groups excluding tert-OH is 1. The Labute approximate surface area is 430 Å². The Bertz CT molecular complexity index is 2730. The summed E-state index contributed by atoms with van der Waals surface area (Å²) in [7, 11) is -3.72. The summed E-state index contributed by atoms with van der Waals surface area (Å²) in [6.07, 6.45) is 4.99. The molecule has 0 radical (unpaired) electrons. The average molecular weight is 1040 g/mol. The number of pyridine rings is 1. The molecule has 5 heterocycles. The van der Waals surface area contributed by atoms with Crippen LogP contribution in [-0.2, 0) is 53.4 Å². The Morgan fingerprint density at radius 1 is 0.932 bits per heavy atom. The SMILES string of the molecule is Cc1ncsc1-c1ccc(C(C)NC(=O)C2CC(O)CN2C(=O)C(NC(=O)COCCOCCn2cc(CCN3CCN(S(=O)(=O)c4ccc(NC(=O)NCc5cccnc5)cc4)CC3)nn2)C(C)(C)C)cc1. The third-order valence-electron chi connectivity index (χ3n) is 12.7. The molecule has 2 saturated heterocycles. The number of nitrogens with zero attached hydrogens (tertiary/aromatic N) is 8. The number of ether oxygens (including phenoxy) is 2. The normalized spacial score (nSPS) is 17.5. The number of anilines is 1. The highest BCUT2D eigenvalue weighted by molar-refractivity contribution is 7.89. The summed E-state index contributed by atoms with van der Waals surface area (Å²) in [5.41, 5.74) is 6.09. The summed E-state index contributed by atoms with van der Waals surface area (Å²) >= 11 is 1.57. The predicted molar refractivity (Wildman–Crippen MR) is 273 cm³/mol. The summed E-state index contributed by atoms with van der Waals surface area (Å²) in [4.78, 5) is 66.3. The minimum atomic E-state index is -3.72. The number of aliphatic hydroxyl groups is 1. The molecule has 4 unspecified atom stereocenters. The van der Waals surface area contributed by atoms with E-state index in [-0.39, 0.29) is 49.6 Å². The van der Waals surface area contributed by atoms with E-state index in [4.69, 9.17) is 9.47 Å². The lowest BCUT2D eigenvalue weighted by atomic mass is 9.85. The second-order valence-corrected chi connectivity index (χ2v) is 22.0. The molecular weight excluding hydrogens is 977 g/mol. The predicted octanol–water partition coefficient (Wildman–Crippen LogP) is 3.38. The van der Waals surface area contributed by atoms with Gasteiger partial charge in [0.1, 0.15) is 18.7 Å². The topological polar surface area (TPSA) is 255 Å². The molecule has 2 aliphatic heterocycles. The minimum absolute atomic E-state index is 0.0355. The van der Waals surface area contributed by atoms with Crippen molar-refractivity contribution >= 4 is 50.8 Å². The zero-order valence-corrected chi connectivity index (χ0v) is 43.5. The van der Waals surface area contributed by atoms with Gasteiger partial charge in [0.05, 0.1) is 65.2 Å². The van der Waals surface area contributed by atoms with E-state index in [9.17, 15) is 32.7 Å². The fraction of sp³-hybridized carbons (Fsp3) is 0.480. The standard InChI is InChI=1S/C50H66N12O9S2/c1-34(37-8-10-38(11-9-37)45-35(2)53-33-72-45)54-47(65)43-27-41(63)31-62(43)48(66)46(50(3,4)5)56-44(64)32-71-26-25-70-24-23-60-30-40(57-58-60)16-18-59-19-21-61(22-20-59)73(68,69)42-14-12-39(13-15-42)55-49(67)52-29-36-7-6-17-51-28-36/h6-15,17,28,30,33-34,41,43,46,63H,16,18-27,29,31-32H2,1-5H3,(H,54,65)(H,56,64)(H2,52,55,67). The van der Waals surface area contributed by atoms with Gasteiger partial charge in [-0.15, -0.1) is 16.4 Å². The van der Waals surface area contributed by atoms with Crippen LogP contribution in [0.2, 0.25) is 0 Å². The molecule has 7 rings (SSSR count). The third-order valence-corrected chi connectivity index (χ3v) is 15.5. The summed E-state index contributed by atoms with van der Waals surface area (Å²) in [6, 6.07) is 15.0. The Morgan fingerprint density at radius 2 is 1.67 bits per heavy atom. The smallest absolute Gasteiger partial charge is 0.319 e. The highest BCUT2D eigenvalue weighted by atomic mass is 32.2. The number of carbonyl (C=O) groups excluding carboxylic acids is 4. The molecule has 73 heavy (non-hydrogen) atoms. The molecule has 2 aromatic carbocycles. The van der Waals surface area contributed by atoms with Crippen LogP contribution in [0.4, 0.5) is 10.5 Å². The molecule has 4 atom stereocenters. The van der Waals surface area contributed by atoms with Crippen LogP contribution in [0.15, 0.2) is 89.7 Å². The largest absolute Gasteiger partial charge is 0.391 e. The number of rotatable bonds is 22. The van der Waals surface area contributed by atoms with Crippen molar-refractivity contribution in [2.45, 2.75) is 89.7 Å². The average Bonchev–Trinajstić information content (AvgIpc) is 4.14. The quantitative estimate of drug-likeness (QED) is 0.0624. The van der Waals surface area contributed by atoms with Gasteiger partial charge >= 0.3 is 6.03 Å². The lowest BCUT2D eigenvalue weighted by molar-refractivity contribution is -0.144. The molecule has 0 spiro atoms. The van der Waals surface area contributed by atoms with Crippen LogP contribution < -0.4 is 21.3 Å². The van der Waals surface area contributed by atoms with Gasteiger partial charge in [-0.25, -0.2) is 22.9 Å². The molecule has 0 saturated carbocycles. The molecule has 0 bridgehead atoms. The van der Waals surface area contributed by atoms with Gasteiger partial charge in [0.2, 0.25) is 27.7 Å². The summed E-state index contributed by atoms with van der Waals surface area (Å²) < 4.78 is 41.3. The van der Waals surface area contributed by atoms with Crippen LogP contribution in [0.3, 0.4) is 0 Å². The van der Waals surface area contributed by atoms with Crippen molar-refractivity contribution < 1.29 is 42.2 Å². The van der Waals surface area contributed by atoms with Crippen molar-refractivity contribution in [3.8, 4) is 10.4 Å². The van der Waals surface area contributed by atoms with Gasteiger partial charge in [0.25, 0.3) is 0 Å². The van der Waals surface area contributed by atoms with E-state index >= 15 is 0 Å². The van der Waals surface area contributed by atoms with Crippen molar-refractivity contribution in [1.82, 2.24) is 55.0 Å². The van der Waals surface area contributed by atoms with Gasteiger partial charge in [-0.3, -0.25) is 19.4 Å². The molecule has 5 aromatic rings. The van der Waals surface area contributed by atoms with E-state index in [2.05, 4.69) is 46.4 Å². The van der Waals surface area contributed by atoms with Crippen molar-refractivity contribution in [2.24, 2.45) is 5.41 Å². The van der Waals surface area contributed by atoms with E-state index in [0.717, 1.165) is 33.0 Å². The Hall–Kier alpha value is -6.21. The molecule has 5 N–H and O–H groups in total. The first kappa shape index (κ1) is 54.6. The van der Waals surface area contributed by atoms with Gasteiger partial charge in [-0.05, 0) is 66.3 Å². The van der Waals surface area contributed by atoms with Crippen LogP contribution in [0.1, 0.15) is 62.7 Å². The van der Waals surface area contributed by atoms with Crippen molar-refractivity contribution in [1.29, 1.82) is 0 Å². The number of β-amino-alcohol motifs (C(OH)–C–C–N with tert-alkyl or cyclic N) is 1. The molecule has 23 heteroatoms. The Morgan fingerprint density at radius 3 is 2.36 bits per heavy atom. The van der Waals surface area contributed by atoms with Crippen molar-refractivity contribution in [3.05, 3.63) is 107 Å². The molecule has 5 amide bonds. The first-order valence-corrected chi connectivity index (χ1v) is 26.7. The first-order chi connectivity index (χ1) is 34.9. The van der Waals surface area contributed by atoms with Crippen molar-refractivity contribution in [3.63, 3.8) is 0 Å². The van der Waals surface area contributed by atoms with Crippen LogP contribution in [0.25, 0.3) is 10.4 Å². The van der Waals surface area contributed by atoms with E-state index in [1.165, 1.54) is 21.3 Å². The second kappa shape index (κ2) is 25.1. The van der Waals surface area contributed by atoms with Crippen LogP contribution in [0.5, 0.6) is 0 Å². The number of piperazine rings is 1. The number of sulfonamides is 1. The number of urea groups is 1. The summed E-state index contributed by atoms with van der Waals surface area (Å²) in [5.74, 6) is -1.35. The maximum absolute atomic E-state index is 14.1. The number of nitrogens with one attached hydrogen (secondary N) is 4. The van der Waals surface area contributed by atoms with Gasteiger partial charge < -0.3 is 45.6 Å². The van der Waals surface area contributed by atoms with Crippen LogP contribution >= 0.6 is 11.3 Å². The fourth-order valence-electron chi connectivity index (χ4n) is 8.51. The minimum Gasteiger partial charge on any atom is -0.391 e. The maximum atomic E-state index is 14.1. The number of thiazole rings is 1. The number of amides is 5. The maximum Gasteiger partial charge on any atom is 0.319 e. The number of benzene rings is 2. The Kier molecular flexibility index (Phi) is 18.8. The third kappa shape index (κ3) is 15.2. The van der Waals surface area contributed by atoms with Crippen LogP contribution in [-0.4, -0.2) is 160 Å². The van der Waals surface area contributed by atoms with Gasteiger partial charge in [-0.2, -0.15) is 4.31 Å². The number of aryl methyl sites for hydroxylation is 1. The summed E-state index contributed by atoms with van der Waals surface area (Å²) in [5, 5.41) is 30.4. The second-order valence-electron chi connectivity index (χ2n) is 19.2. The molecular formula is C50H66N12O9S2. The van der Waals surface area contributed by atoms with Crippen LogP contribution in [0, 0.1) is 12.3 Å². The molecule has 0 aliphatic carbocycles. The van der Waals surface area contributed by atoms with Gasteiger partial charge in [0.15, 0.2) is 0 Å². The number of hydrogen-bond donors (Lipinski definition) is 5. The molecule has 21 nitrogen and oxygen atoms in total. The molecule has 2 aliphatic rings. The van der Waals surface area contributed by atoms with E-state index < -0.39 is 51.5 Å². The van der Waals surface area contributed by atoms with E-state index in [0.29, 0.717) is 64.5 Å². The zero-order chi connectivity index (χ0) is 52.1. The van der Waals surface area contributed by atoms with Crippen molar-refractivity contribution in [2.75, 3.05) is 71.0 Å². The number of aromatic nitrogens is 5. The summed E-state index contributed by atoms with van der Waals surface area (Å²) in [6.45, 7) is 12.9. The van der Waals surface area contributed by atoms with E-state index in [1.54, 1.807) is 46.6 Å². The Balaban J connectivity index is 0.762. The number of carbonyl (C=O) groups is 4. The van der Waals surface area contributed by atoms with Gasteiger partial charge in [-0.1, -0.05) is 56.3 Å². The highest BCUT2D eigenvalue weighted by Gasteiger charge is 2.45. The highest BCUT2D eigenvalue weighted by Crippen LogP contribution is 2.30. The van der Waals surface area contributed by atoms with E-state index in [1.807, 2.05) is 76.7 Å². The molecule has 392 valence electrons. The molecule has 3 aromatic heterocycles. The number of hydrogen-bond acceptors (Lipinski definition) is 15. The fourth-order valence-corrected chi connectivity index (χ4v) is 10.7. The van der Waals surface area contributed by atoms with Gasteiger partial charge in [0, 0.05) is 82.9 Å². The first-order valence-electron chi connectivity index (χ1n) is 24.3. The lowest BCUT2D eigenvalue weighted by Gasteiger charge is -2.35. The monoisotopic (exact) mass is 1040 g/mol. The zero-order valence-electron chi connectivity index (χ0n) is 41.9. The lowest BCUT2D eigenvalue weighted by Crippen LogP contribution is -2.58.